The molecule has 6 nitrogen and oxygen atoms in total. The summed E-state index contributed by atoms with van der Waals surface area (Å²) >= 11 is 6.02. The zero-order valence-corrected chi connectivity index (χ0v) is 13.1. The molecule has 1 aliphatic heterocycles. The van der Waals surface area contributed by atoms with Crippen LogP contribution in [0.2, 0.25) is 5.28 Å². The van der Waals surface area contributed by atoms with E-state index in [0.717, 1.165) is 25.9 Å². The lowest BCUT2D eigenvalue weighted by atomic mass is 9.89. The van der Waals surface area contributed by atoms with Crippen LogP contribution in [0.4, 0.5) is 5.95 Å². The maximum absolute atomic E-state index is 6.02. The van der Waals surface area contributed by atoms with Gasteiger partial charge in [0, 0.05) is 13.1 Å². The summed E-state index contributed by atoms with van der Waals surface area (Å²) in [6.07, 6.45) is 4.76. The molecule has 1 aromatic rings. The molecule has 2 unspecified atom stereocenters. The number of morpholine rings is 1. The van der Waals surface area contributed by atoms with Crippen LogP contribution in [0.5, 0.6) is 6.01 Å². The van der Waals surface area contributed by atoms with Crippen LogP contribution < -0.4 is 9.64 Å². The van der Waals surface area contributed by atoms with Crippen molar-refractivity contribution in [1.29, 1.82) is 0 Å². The third kappa shape index (κ3) is 3.95. The lowest BCUT2D eigenvalue weighted by Crippen LogP contribution is -2.37. The van der Waals surface area contributed by atoms with E-state index in [9.17, 15) is 0 Å². The summed E-state index contributed by atoms with van der Waals surface area (Å²) in [7, 11) is 0. The molecule has 116 valence electrons. The van der Waals surface area contributed by atoms with Gasteiger partial charge in [-0.1, -0.05) is 13.3 Å². The zero-order chi connectivity index (χ0) is 14.7. The third-order valence-electron chi connectivity index (χ3n) is 4.03. The lowest BCUT2D eigenvalue weighted by Gasteiger charge is -2.28. The minimum absolute atomic E-state index is 0.185. The molecular formula is C14H21ClN4O2. The fraction of sp³-hybridized carbons (Fsp3) is 0.786. The average Bonchev–Trinajstić information content (AvgIpc) is 2.47. The van der Waals surface area contributed by atoms with Gasteiger partial charge in [0.05, 0.1) is 13.2 Å². The highest BCUT2D eigenvalue weighted by Gasteiger charge is 2.23. The number of anilines is 1. The Balaban J connectivity index is 1.71. The number of rotatable bonds is 3. The zero-order valence-electron chi connectivity index (χ0n) is 12.3. The molecule has 2 atom stereocenters. The minimum atomic E-state index is 0.185. The quantitative estimate of drug-likeness (QED) is 0.853. The molecule has 1 saturated heterocycles. The Morgan fingerprint density at radius 2 is 2.00 bits per heavy atom. The van der Waals surface area contributed by atoms with E-state index in [1.54, 1.807) is 0 Å². The van der Waals surface area contributed by atoms with Crippen molar-refractivity contribution < 1.29 is 9.47 Å². The van der Waals surface area contributed by atoms with Gasteiger partial charge in [-0.3, -0.25) is 0 Å². The topological polar surface area (TPSA) is 60.4 Å². The van der Waals surface area contributed by atoms with Gasteiger partial charge in [0.25, 0.3) is 0 Å². The normalized spacial score (nSPS) is 26.7. The number of ether oxygens (including phenoxy) is 2. The number of halogens is 1. The lowest BCUT2D eigenvalue weighted by molar-refractivity contribution is 0.115. The standard InChI is InChI=1S/C14H21ClN4O2/c1-10-3-2-4-11(9-10)21-14-17-12(15)16-13(18-14)19-5-7-20-8-6-19/h10-11H,2-9H2,1H3. The van der Waals surface area contributed by atoms with E-state index in [-0.39, 0.29) is 11.4 Å². The molecule has 0 amide bonds. The molecule has 1 saturated carbocycles. The smallest absolute Gasteiger partial charge is 0.322 e. The Morgan fingerprint density at radius 3 is 2.76 bits per heavy atom. The van der Waals surface area contributed by atoms with Crippen LogP contribution in [0.1, 0.15) is 32.6 Å². The van der Waals surface area contributed by atoms with E-state index in [4.69, 9.17) is 21.1 Å². The fourth-order valence-corrected chi connectivity index (χ4v) is 3.06. The first-order valence-corrected chi connectivity index (χ1v) is 7.99. The van der Waals surface area contributed by atoms with Crippen molar-refractivity contribution in [2.45, 2.75) is 38.7 Å². The van der Waals surface area contributed by atoms with Crippen molar-refractivity contribution in [3.05, 3.63) is 5.28 Å². The van der Waals surface area contributed by atoms with Gasteiger partial charge < -0.3 is 14.4 Å². The molecule has 7 heteroatoms. The van der Waals surface area contributed by atoms with Crippen molar-refractivity contribution in [2.75, 3.05) is 31.2 Å². The highest BCUT2D eigenvalue weighted by Crippen LogP contribution is 2.27. The van der Waals surface area contributed by atoms with Gasteiger partial charge in [-0.25, -0.2) is 0 Å². The molecule has 1 aromatic heterocycles. The van der Waals surface area contributed by atoms with Crippen LogP contribution in [0.25, 0.3) is 0 Å². The van der Waals surface area contributed by atoms with Crippen LogP contribution in [0.15, 0.2) is 0 Å². The second-order valence-corrected chi connectivity index (χ2v) is 6.14. The van der Waals surface area contributed by atoms with Gasteiger partial charge in [0.1, 0.15) is 6.10 Å². The van der Waals surface area contributed by atoms with Gasteiger partial charge in [0.15, 0.2) is 0 Å². The van der Waals surface area contributed by atoms with Crippen LogP contribution in [0.3, 0.4) is 0 Å². The van der Waals surface area contributed by atoms with Crippen LogP contribution in [-0.4, -0.2) is 47.4 Å². The van der Waals surface area contributed by atoms with Crippen molar-refractivity contribution in [1.82, 2.24) is 15.0 Å². The maximum Gasteiger partial charge on any atom is 0.322 e. The van der Waals surface area contributed by atoms with E-state index in [0.29, 0.717) is 31.1 Å². The van der Waals surface area contributed by atoms with Crippen LogP contribution >= 0.6 is 11.6 Å². The molecule has 0 bridgehead atoms. The summed E-state index contributed by atoms with van der Waals surface area (Å²) in [5.74, 6) is 1.27. The number of aromatic nitrogens is 3. The molecule has 3 rings (SSSR count). The largest absolute Gasteiger partial charge is 0.460 e. The van der Waals surface area contributed by atoms with Crippen molar-refractivity contribution in [2.24, 2.45) is 5.92 Å². The molecule has 21 heavy (non-hydrogen) atoms. The Labute approximate surface area is 129 Å². The number of hydrogen-bond donors (Lipinski definition) is 0. The van der Waals surface area contributed by atoms with E-state index >= 15 is 0 Å². The van der Waals surface area contributed by atoms with E-state index in [1.165, 1.54) is 12.8 Å². The van der Waals surface area contributed by atoms with Gasteiger partial charge in [0.2, 0.25) is 11.2 Å². The molecule has 0 N–H and O–H groups in total. The predicted octanol–water partition coefficient (Wildman–Crippen LogP) is 2.32. The number of hydrogen-bond acceptors (Lipinski definition) is 6. The van der Waals surface area contributed by atoms with Gasteiger partial charge in [-0.2, -0.15) is 15.0 Å². The highest BCUT2D eigenvalue weighted by molar-refractivity contribution is 6.28. The van der Waals surface area contributed by atoms with Crippen molar-refractivity contribution in [3.8, 4) is 6.01 Å². The Bertz CT molecular complexity index is 482. The van der Waals surface area contributed by atoms with Gasteiger partial charge in [-0.15, -0.1) is 0 Å². The minimum Gasteiger partial charge on any atom is -0.460 e. The molecule has 2 heterocycles. The summed E-state index contributed by atoms with van der Waals surface area (Å²) in [4.78, 5) is 14.8. The van der Waals surface area contributed by atoms with Crippen molar-refractivity contribution >= 4 is 17.5 Å². The third-order valence-corrected chi connectivity index (χ3v) is 4.20. The molecule has 0 aromatic carbocycles. The summed E-state index contributed by atoms with van der Waals surface area (Å²) in [5, 5.41) is 0.186. The maximum atomic E-state index is 6.02. The first-order valence-electron chi connectivity index (χ1n) is 7.61. The molecule has 0 radical (unpaired) electrons. The Morgan fingerprint density at radius 1 is 1.19 bits per heavy atom. The predicted molar refractivity (Wildman–Crippen MR) is 79.9 cm³/mol. The molecular weight excluding hydrogens is 292 g/mol. The molecule has 0 spiro atoms. The summed E-state index contributed by atoms with van der Waals surface area (Å²) in [6.45, 7) is 5.15. The average molecular weight is 313 g/mol. The Hall–Kier alpha value is -1.14. The second-order valence-electron chi connectivity index (χ2n) is 5.80. The SMILES string of the molecule is CC1CCCC(Oc2nc(Cl)nc(N3CCOCC3)n2)C1. The molecule has 2 fully saturated rings. The summed E-state index contributed by atoms with van der Waals surface area (Å²) < 4.78 is 11.3. The fourth-order valence-electron chi connectivity index (χ4n) is 2.91. The highest BCUT2D eigenvalue weighted by atomic mass is 35.5. The number of nitrogens with zero attached hydrogens (tertiary/aromatic N) is 4. The first-order chi connectivity index (χ1) is 10.2. The molecule has 2 aliphatic rings. The molecule has 1 aliphatic carbocycles. The monoisotopic (exact) mass is 312 g/mol. The van der Waals surface area contributed by atoms with Gasteiger partial charge >= 0.3 is 6.01 Å². The van der Waals surface area contributed by atoms with E-state index in [2.05, 4.69) is 21.9 Å². The van der Waals surface area contributed by atoms with Crippen LogP contribution in [-0.2, 0) is 4.74 Å². The summed E-state index contributed by atoms with van der Waals surface area (Å²) in [5.41, 5.74) is 0. The second kappa shape index (κ2) is 6.75. The summed E-state index contributed by atoms with van der Waals surface area (Å²) in [6, 6.07) is 0.343. The van der Waals surface area contributed by atoms with Gasteiger partial charge in [-0.05, 0) is 36.8 Å². The van der Waals surface area contributed by atoms with Crippen LogP contribution in [0, 0.1) is 5.92 Å². The van der Waals surface area contributed by atoms with E-state index < -0.39 is 0 Å². The van der Waals surface area contributed by atoms with E-state index in [1.807, 2.05) is 4.90 Å². The first kappa shape index (κ1) is 14.8. The Kier molecular flexibility index (Phi) is 4.75. The van der Waals surface area contributed by atoms with Crippen molar-refractivity contribution in [3.63, 3.8) is 0 Å².